The van der Waals surface area contributed by atoms with Crippen LogP contribution in [0.3, 0.4) is 0 Å². The molecule has 80 valence electrons. The number of terminal acetylenes is 1. The molecule has 0 bridgehead atoms. The summed E-state index contributed by atoms with van der Waals surface area (Å²) in [5.74, 6) is 2.80. The molecule has 0 aliphatic rings. The fourth-order valence-electron chi connectivity index (χ4n) is 1.45. The van der Waals surface area contributed by atoms with Crippen molar-refractivity contribution >= 4 is 11.8 Å². The molecule has 1 unspecified atom stereocenters. The number of hydrogen-bond donors (Lipinski definition) is 1. The Kier molecular flexibility index (Phi) is 5.31. The van der Waals surface area contributed by atoms with E-state index in [1.807, 2.05) is 12.1 Å². The molecule has 1 atom stereocenters. The maximum Gasteiger partial charge on any atom is 0.0954 e. The second kappa shape index (κ2) is 6.55. The molecule has 2 heteroatoms. The molecule has 0 saturated heterocycles. The molecule has 0 saturated carbocycles. The summed E-state index contributed by atoms with van der Waals surface area (Å²) in [4.78, 5) is 1.25. The summed E-state index contributed by atoms with van der Waals surface area (Å²) in [6.45, 7) is 3.10. The van der Waals surface area contributed by atoms with E-state index < -0.39 is 0 Å². The lowest BCUT2D eigenvalue weighted by Gasteiger charge is -2.15. The van der Waals surface area contributed by atoms with Crippen molar-refractivity contribution in [1.29, 1.82) is 0 Å². The highest BCUT2D eigenvalue weighted by molar-refractivity contribution is 7.98. The van der Waals surface area contributed by atoms with E-state index in [0.717, 1.165) is 13.0 Å². The fourth-order valence-corrected chi connectivity index (χ4v) is 2.09. The first kappa shape index (κ1) is 12.2. The van der Waals surface area contributed by atoms with Crippen LogP contribution in [-0.2, 0) is 0 Å². The van der Waals surface area contributed by atoms with Crippen LogP contribution in [0.25, 0.3) is 0 Å². The van der Waals surface area contributed by atoms with Crippen molar-refractivity contribution in [3.05, 3.63) is 29.8 Å². The molecule has 15 heavy (non-hydrogen) atoms. The van der Waals surface area contributed by atoms with Crippen LogP contribution in [0.1, 0.15) is 24.9 Å². The molecule has 0 aliphatic heterocycles. The number of thioether (sulfide) groups is 1. The summed E-state index contributed by atoms with van der Waals surface area (Å²) >= 11 is 1.74. The van der Waals surface area contributed by atoms with E-state index >= 15 is 0 Å². The standard InChI is InChI=1S/C13H17NS/c1-4-10-14-12(5-2)11-8-6-7-9-13(11)15-3/h2,6-9,12,14H,4,10H2,1,3H3. The Morgan fingerprint density at radius 1 is 1.47 bits per heavy atom. The Bertz CT molecular complexity index is 341. The number of benzene rings is 1. The van der Waals surface area contributed by atoms with Gasteiger partial charge in [-0.2, -0.15) is 0 Å². The van der Waals surface area contributed by atoms with Gasteiger partial charge < -0.3 is 0 Å². The largest absolute Gasteiger partial charge is 0.300 e. The SMILES string of the molecule is C#CC(NCCC)c1ccccc1SC. The molecule has 1 aromatic carbocycles. The van der Waals surface area contributed by atoms with Crippen molar-refractivity contribution in [2.75, 3.05) is 12.8 Å². The van der Waals surface area contributed by atoms with E-state index in [1.54, 1.807) is 11.8 Å². The van der Waals surface area contributed by atoms with Gasteiger partial charge in [0, 0.05) is 4.90 Å². The molecule has 0 radical (unpaired) electrons. The van der Waals surface area contributed by atoms with Crippen molar-refractivity contribution in [1.82, 2.24) is 5.32 Å². The molecule has 1 rings (SSSR count). The van der Waals surface area contributed by atoms with Gasteiger partial charge >= 0.3 is 0 Å². The van der Waals surface area contributed by atoms with Crippen molar-refractivity contribution in [2.45, 2.75) is 24.3 Å². The first-order valence-electron chi connectivity index (χ1n) is 5.16. The topological polar surface area (TPSA) is 12.0 Å². The van der Waals surface area contributed by atoms with Crippen LogP contribution in [0.4, 0.5) is 0 Å². The number of nitrogens with one attached hydrogen (secondary N) is 1. The second-order valence-corrected chi connectivity index (χ2v) is 4.14. The number of rotatable bonds is 5. The molecule has 1 N–H and O–H groups in total. The van der Waals surface area contributed by atoms with Gasteiger partial charge in [0.05, 0.1) is 6.04 Å². The van der Waals surface area contributed by atoms with Crippen LogP contribution in [-0.4, -0.2) is 12.8 Å². The summed E-state index contributed by atoms with van der Waals surface area (Å²) in [5, 5.41) is 3.36. The second-order valence-electron chi connectivity index (χ2n) is 3.30. The maximum atomic E-state index is 5.55. The Balaban J connectivity index is 2.86. The molecule has 0 aromatic heterocycles. The molecule has 1 nitrogen and oxygen atoms in total. The smallest absolute Gasteiger partial charge is 0.0954 e. The molecule has 0 fully saturated rings. The van der Waals surface area contributed by atoms with Crippen molar-refractivity contribution in [3.8, 4) is 12.3 Å². The van der Waals surface area contributed by atoms with E-state index in [0.29, 0.717) is 0 Å². The molecule has 1 aromatic rings. The summed E-state index contributed by atoms with van der Waals surface area (Å²) in [7, 11) is 0. The lowest BCUT2D eigenvalue weighted by atomic mass is 10.1. The van der Waals surface area contributed by atoms with Crippen molar-refractivity contribution in [2.24, 2.45) is 0 Å². The maximum absolute atomic E-state index is 5.55. The third-order valence-corrected chi connectivity index (χ3v) is 3.03. The minimum absolute atomic E-state index is 0.0357. The van der Waals surface area contributed by atoms with Crippen LogP contribution < -0.4 is 5.32 Å². The van der Waals surface area contributed by atoms with Crippen molar-refractivity contribution < 1.29 is 0 Å². The third kappa shape index (κ3) is 3.30. The molecule has 0 spiro atoms. The summed E-state index contributed by atoms with van der Waals surface area (Å²) in [5.41, 5.74) is 1.21. The zero-order valence-corrected chi connectivity index (χ0v) is 10.1. The van der Waals surface area contributed by atoms with Gasteiger partial charge in [-0.05, 0) is 30.9 Å². The van der Waals surface area contributed by atoms with Gasteiger partial charge in [0.1, 0.15) is 0 Å². The molecule has 0 amide bonds. The molecular weight excluding hydrogens is 202 g/mol. The minimum Gasteiger partial charge on any atom is -0.300 e. The quantitative estimate of drug-likeness (QED) is 0.603. The zero-order valence-electron chi connectivity index (χ0n) is 9.29. The van der Waals surface area contributed by atoms with Gasteiger partial charge in [0.15, 0.2) is 0 Å². The zero-order chi connectivity index (χ0) is 11.1. The Morgan fingerprint density at radius 3 is 2.80 bits per heavy atom. The fraction of sp³-hybridized carbons (Fsp3) is 0.385. The Hall–Kier alpha value is -0.910. The normalized spacial score (nSPS) is 12.1. The lowest BCUT2D eigenvalue weighted by Crippen LogP contribution is -2.21. The third-order valence-electron chi connectivity index (χ3n) is 2.22. The lowest BCUT2D eigenvalue weighted by molar-refractivity contribution is 0.620. The van der Waals surface area contributed by atoms with Gasteiger partial charge in [-0.25, -0.2) is 0 Å². The minimum atomic E-state index is 0.0357. The van der Waals surface area contributed by atoms with Gasteiger partial charge in [0.2, 0.25) is 0 Å². The van der Waals surface area contributed by atoms with Gasteiger partial charge in [-0.3, -0.25) is 5.32 Å². The van der Waals surface area contributed by atoms with Crippen molar-refractivity contribution in [3.63, 3.8) is 0 Å². The van der Waals surface area contributed by atoms with Crippen LogP contribution >= 0.6 is 11.8 Å². The van der Waals surface area contributed by atoms with Gasteiger partial charge in [0.25, 0.3) is 0 Å². The highest BCUT2D eigenvalue weighted by atomic mass is 32.2. The van der Waals surface area contributed by atoms with E-state index in [9.17, 15) is 0 Å². The average molecular weight is 219 g/mol. The van der Waals surface area contributed by atoms with E-state index in [1.165, 1.54) is 10.5 Å². The Labute approximate surface area is 96.7 Å². The van der Waals surface area contributed by atoms with Crippen LogP contribution in [0, 0.1) is 12.3 Å². The first-order valence-corrected chi connectivity index (χ1v) is 6.38. The van der Waals surface area contributed by atoms with Gasteiger partial charge in [-0.1, -0.05) is 31.0 Å². The summed E-state index contributed by atoms with van der Waals surface area (Å²) < 4.78 is 0. The first-order chi connectivity index (χ1) is 7.33. The predicted octanol–water partition coefficient (Wildman–Crippen LogP) is 3.08. The number of hydrogen-bond acceptors (Lipinski definition) is 2. The average Bonchev–Trinajstić information content (AvgIpc) is 2.30. The predicted molar refractivity (Wildman–Crippen MR) is 68.1 cm³/mol. The molecule has 0 aliphatic carbocycles. The van der Waals surface area contributed by atoms with E-state index in [-0.39, 0.29) is 6.04 Å². The Morgan fingerprint density at radius 2 is 2.20 bits per heavy atom. The van der Waals surface area contributed by atoms with Crippen LogP contribution in [0.15, 0.2) is 29.2 Å². The van der Waals surface area contributed by atoms with Crippen LogP contribution in [0.2, 0.25) is 0 Å². The summed E-state index contributed by atoms with van der Waals surface area (Å²) in [6, 6.07) is 8.32. The highest BCUT2D eigenvalue weighted by Crippen LogP contribution is 2.25. The van der Waals surface area contributed by atoms with Crippen LogP contribution in [0.5, 0.6) is 0 Å². The molecular formula is C13H17NS. The monoisotopic (exact) mass is 219 g/mol. The highest BCUT2D eigenvalue weighted by Gasteiger charge is 2.10. The van der Waals surface area contributed by atoms with E-state index in [2.05, 4.69) is 36.5 Å². The van der Waals surface area contributed by atoms with E-state index in [4.69, 9.17) is 6.42 Å². The van der Waals surface area contributed by atoms with Gasteiger partial charge in [-0.15, -0.1) is 18.2 Å². The summed E-state index contributed by atoms with van der Waals surface area (Å²) in [6.07, 6.45) is 8.72. The molecule has 0 heterocycles.